The van der Waals surface area contributed by atoms with Crippen LogP contribution in [-0.4, -0.2) is 64.5 Å². The lowest BCUT2D eigenvalue weighted by Crippen LogP contribution is -2.55. The van der Waals surface area contributed by atoms with Gasteiger partial charge in [0.1, 0.15) is 6.10 Å². The second-order valence-corrected chi connectivity index (χ2v) is 7.75. The van der Waals surface area contributed by atoms with E-state index < -0.39 is 29.9 Å². The van der Waals surface area contributed by atoms with Gasteiger partial charge in [0.05, 0.1) is 37.1 Å². The maximum atomic E-state index is 11.1. The number of hydrogen-bond donors (Lipinski definition) is 3. The summed E-state index contributed by atoms with van der Waals surface area (Å²) in [5, 5.41) is 29.6. The Morgan fingerprint density at radius 1 is 1.24 bits per heavy atom. The van der Waals surface area contributed by atoms with Crippen molar-refractivity contribution < 1.29 is 34.3 Å². The first-order chi connectivity index (χ1) is 11.5. The number of aliphatic carboxylic acids is 1. The van der Waals surface area contributed by atoms with Crippen molar-refractivity contribution >= 4 is 5.97 Å². The van der Waals surface area contributed by atoms with Gasteiger partial charge in [-0.1, -0.05) is 13.8 Å². The number of carbonyl (C=O) groups is 1. The molecule has 7 atom stereocenters. The molecule has 0 bridgehead atoms. The van der Waals surface area contributed by atoms with Crippen molar-refractivity contribution in [1.29, 1.82) is 0 Å². The molecule has 144 valence electrons. The number of ether oxygens (including phenoxy) is 3. The Labute approximate surface area is 148 Å². The van der Waals surface area contributed by atoms with Gasteiger partial charge in [0, 0.05) is 17.8 Å². The van der Waals surface area contributed by atoms with Crippen LogP contribution in [-0.2, 0) is 19.0 Å². The van der Waals surface area contributed by atoms with E-state index in [1.165, 1.54) is 6.08 Å². The highest BCUT2D eigenvalue weighted by molar-refractivity contribution is 5.84. The van der Waals surface area contributed by atoms with E-state index in [1.54, 1.807) is 6.92 Å². The third-order valence-corrected chi connectivity index (χ3v) is 5.67. The van der Waals surface area contributed by atoms with Crippen LogP contribution in [0.15, 0.2) is 11.8 Å². The van der Waals surface area contributed by atoms with Gasteiger partial charge in [-0.05, 0) is 26.8 Å². The number of rotatable bonds is 5. The number of carboxylic acids is 1. The molecule has 2 aliphatic heterocycles. The van der Waals surface area contributed by atoms with Crippen molar-refractivity contribution in [1.82, 2.24) is 0 Å². The van der Waals surface area contributed by atoms with E-state index in [2.05, 4.69) is 0 Å². The topological polar surface area (TPSA) is 105 Å². The maximum Gasteiger partial charge on any atom is 0.370 e. The molecule has 0 aromatic carbocycles. The predicted molar refractivity (Wildman–Crippen MR) is 89.9 cm³/mol. The molecular formula is C18H30O7. The average molecular weight is 358 g/mol. The summed E-state index contributed by atoms with van der Waals surface area (Å²) in [5.41, 5.74) is -0.401. The first-order valence-electron chi connectivity index (χ1n) is 8.78. The van der Waals surface area contributed by atoms with Crippen LogP contribution in [0, 0.1) is 17.8 Å². The summed E-state index contributed by atoms with van der Waals surface area (Å²) >= 11 is 0. The van der Waals surface area contributed by atoms with E-state index in [1.807, 2.05) is 27.7 Å². The minimum absolute atomic E-state index is 0.0366. The first kappa shape index (κ1) is 20.2. The van der Waals surface area contributed by atoms with Gasteiger partial charge in [-0.15, -0.1) is 0 Å². The average Bonchev–Trinajstić information content (AvgIpc) is 2.51. The Kier molecular flexibility index (Phi) is 6.14. The highest BCUT2D eigenvalue weighted by Gasteiger charge is 2.45. The van der Waals surface area contributed by atoms with E-state index in [0.717, 1.165) is 0 Å². The van der Waals surface area contributed by atoms with Gasteiger partial charge in [-0.25, -0.2) is 4.79 Å². The van der Waals surface area contributed by atoms with Crippen LogP contribution in [0.1, 0.15) is 34.6 Å². The smallest absolute Gasteiger partial charge is 0.370 e. The molecule has 0 radical (unpaired) electrons. The van der Waals surface area contributed by atoms with E-state index in [9.17, 15) is 15.0 Å². The fourth-order valence-electron chi connectivity index (χ4n) is 3.43. The highest BCUT2D eigenvalue weighted by atomic mass is 16.6. The summed E-state index contributed by atoms with van der Waals surface area (Å²) in [6.07, 6.45) is -0.961. The first-order valence-corrected chi connectivity index (χ1v) is 8.78. The van der Waals surface area contributed by atoms with Crippen LogP contribution in [0.4, 0.5) is 0 Å². The summed E-state index contributed by atoms with van der Waals surface area (Å²) in [5.74, 6) is -1.97. The van der Waals surface area contributed by atoms with Gasteiger partial charge in [0.25, 0.3) is 0 Å². The molecule has 2 heterocycles. The standard InChI is InChI=1S/C18H30O7/c1-9-13(19)6-14(17(21)22)24-15(9)8-23-7-12-11(3)25-18(4,5)10(2)16(12)20/h6,9-13,15-16,19-20H,7-8H2,1-5H3,(H,21,22). The zero-order valence-corrected chi connectivity index (χ0v) is 15.5. The lowest BCUT2D eigenvalue weighted by molar-refractivity contribution is -0.216. The molecule has 2 aliphatic rings. The highest BCUT2D eigenvalue weighted by Crippen LogP contribution is 2.37. The molecule has 7 heteroatoms. The van der Waals surface area contributed by atoms with E-state index >= 15 is 0 Å². The van der Waals surface area contributed by atoms with Gasteiger partial charge >= 0.3 is 5.97 Å². The van der Waals surface area contributed by atoms with Crippen LogP contribution in [0.3, 0.4) is 0 Å². The monoisotopic (exact) mass is 358 g/mol. The normalized spacial score (nSPS) is 40.9. The number of aliphatic hydroxyl groups is 2. The van der Waals surface area contributed by atoms with Crippen molar-refractivity contribution in [3.8, 4) is 0 Å². The minimum Gasteiger partial charge on any atom is -0.481 e. The lowest BCUT2D eigenvalue weighted by atomic mass is 9.77. The molecule has 0 aliphatic carbocycles. The fourth-order valence-corrected chi connectivity index (χ4v) is 3.43. The Balaban J connectivity index is 1.92. The molecule has 7 unspecified atom stereocenters. The van der Waals surface area contributed by atoms with E-state index in [0.29, 0.717) is 0 Å². The fraction of sp³-hybridized carbons (Fsp3) is 0.833. The van der Waals surface area contributed by atoms with Crippen molar-refractivity contribution in [3.63, 3.8) is 0 Å². The van der Waals surface area contributed by atoms with Crippen LogP contribution >= 0.6 is 0 Å². The van der Waals surface area contributed by atoms with Crippen LogP contribution in [0.2, 0.25) is 0 Å². The largest absolute Gasteiger partial charge is 0.481 e. The molecule has 1 fully saturated rings. The quantitative estimate of drug-likeness (QED) is 0.677. The zero-order valence-electron chi connectivity index (χ0n) is 15.5. The maximum absolute atomic E-state index is 11.1. The summed E-state index contributed by atoms with van der Waals surface area (Å²) in [7, 11) is 0. The number of aliphatic hydroxyl groups excluding tert-OH is 2. The van der Waals surface area contributed by atoms with Crippen LogP contribution < -0.4 is 0 Å². The Morgan fingerprint density at radius 3 is 2.48 bits per heavy atom. The summed E-state index contributed by atoms with van der Waals surface area (Å²) in [6, 6.07) is 0. The third kappa shape index (κ3) is 4.34. The van der Waals surface area contributed by atoms with Gasteiger partial charge in [0.15, 0.2) is 0 Å². The van der Waals surface area contributed by atoms with E-state index in [4.69, 9.17) is 19.3 Å². The second kappa shape index (κ2) is 7.61. The molecule has 7 nitrogen and oxygen atoms in total. The van der Waals surface area contributed by atoms with Gasteiger partial charge in [0.2, 0.25) is 5.76 Å². The molecule has 0 aromatic rings. The second-order valence-electron chi connectivity index (χ2n) is 7.75. The van der Waals surface area contributed by atoms with Crippen molar-refractivity contribution in [3.05, 3.63) is 11.8 Å². The molecular weight excluding hydrogens is 328 g/mol. The molecule has 25 heavy (non-hydrogen) atoms. The van der Waals surface area contributed by atoms with Crippen LogP contribution in [0.5, 0.6) is 0 Å². The predicted octanol–water partition coefficient (Wildman–Crippen LogP) is 1.18. The Morgan fingerprint density at radius 2 is 1.88 bits per heavy atom. The SMILES string of the molecule is CC1OC(C)(C)C(C)C(O)C1COCC1OC(C(=O)O)=CC(O)C1C. The van der Waals surface area contributed by atoms with E-state index in [-0.39, 0.29) is 42.8 Å². The van der Waals surface area contributed by atoms with Gasteiger partial charge < -0.3 is 29.5 Å². The summed E-state index contributed by atoms with van der Waals surface area (Å²) in [6.45, 7) is 9.99. The number of carboxylic acid groups (broad SMARTS) is 1. The molecule has 0 amide bonds. The van der Waals surface area contributed by atoms with Crippen molar-refractivity contribution in [2.45, 2.75) is 64.6 Å². The Hall–Kier alpha value is -1.15. The van der Waals surface area contributed by atoms with Crippen LogP contribution in [0.25, 0.3) is 0 Å². The molecule has 0 saturated carbocycles. The Bertz CT molecular complexity index is 516. The molecule has 1 saturated heterocycles. The lowest BCUT2D eigenvalue weighted by Gasteiger charge is -2.47. The van der Waals surface area contributed by atoms with Gasteiger partial charge in [-0.3, -0.25) is 0 Å². The summed E-state index contributed by atoms with van der Waals surface area (Å²) < 4.78 is 17.1. The third-order valence-electron chi connectivity index (χ3n) is 5.67. The molecule has 2 rings (SSSR count). The molecule has 0 aromatic heterocycles. The van der Waals surface area contributed by atoms with Crippen molar-refractivity contribution in [2.75, 3.05) is 13.2 Å². The van der Waals surface area contributed by atoms with Crippen molar-refractivity contribution in [2.24, 2.45) is 17.8 Å². The molecule has 0 spiro atoms. The minimum atomic E-state index is -1.21. The summed E-state index contributed by atoms with van der Waals surface area (Å²) in [4.78, 5) is 11.1. The number of hydrogen-bond acceptors (Lipinski definition) is 6. The zero-order chi connectivity index (χ0) is 18.9. The van der Waals surface area contributed by atoms with Gasteiger partial charge in [-0.2, -0.15) is 0 Å². The molecule has 3 N–H and O–H groups in total.